The van der Waals surface area contributed by atoms with E-state index in [0.29, 0.717) is 38.4 Å². The van der Waals surface area contributed by atoms with Gasteiger partial charge in [0, 0.05) is 19.6 Å². The highest BCUT2D eigenvalue weighted by Crippen LogP contribution is 2.25. The van der Waals surface area contributed by atoms with Crippen LogP contribution in [0, 0.1) is 0 Å². The summed E-state index contributed by atoms with van der Waals surface area (Å²) in [5.74, 6) is -0.758. The van der Waals surface area contributed by atoms with Gasteiger partial charge >= 0.3 is 5.91 Å². The Morgan fingerprint density at radius 3 is 2.69 bits per heavy atom. The number of nitrogen functional groups attached to an aromatic ring is 2. The van der Waals surface area contributed by atoms with E-state index >= 15 is 0 Å². The predicted octanol–water partition coefficient (Wildman–Crippen LogP) is -0.354. The van der Waals surface area contributed by atoms with Gasteiger partial charge in [-0.1, -0.05) is 11.6 Å². The summed E-state index contributed by atoms with van der Waals surface area (Å²) in [7, 11) is 0. The zero-order valence-electron chi connectivity index (χ0n) is 15.2. The maximum absolute atomic E-state index is 12.4. The number of nitrogens with zero attached hydrogens (tertiary/aromatic N) is 5. The van der Waals surface area contributed by atoms with Crippen LogP contribution in [0.2, 0.25) is 5.15 Å². The first-order valence-corrected chi connectivity index (χ1v) is 9.16. The first kappa shape index (κ1) is 18.9. The van der Waals surface area contributed by atoms with Crippen molar-refractivity contribution in [1.29, 1.82) is 0 Å². The molecule has 0 saturated carbocycles. The van der Waals surface area contributed by atoms with Gasteiger partial charge in [-0.25, -0.2) is 15.0 Å². The molecule has 152 valence electrons. The number of likely N-dealkylation sites (tertiary alicyclic amines) is 1. The third kappa shape index (κ3) is 3.66. The molecule has 0 aliphatic carbocycles. The number of rotatable bonds is 2. The minimum absolute atomic E-state index is 0.0589. The van der Waals surface area contributed by atoms with Crippen molar-refractivity contribution < 1.29 is 14.0 Å². The third-order valence-electron chi connectivity index (χ3n) is 4.96. The largest absolute Gasteiger partial charge is 0.451 e. The number of piperidine rings is 1. The number of oxazole rings is 1. The highest BCUT2D eigenvalue weighted by Gasteiger charge is 2.41. The fourth-order valence-electron chi connectivity index (χ4n) is 3.33. The van der Waals surface area contributed by atoms with E-state index in [9.17, 15) is 9.59 Å². The Hall–Kier alpha value is -3.41. The van der Waals surface area contributed by atoms with E-state index in [-0.39, 0.29) is 39.6 Å². The van der Waals surface area contributed by atoms with E-state index in [4.69, 9.17) is 27.5 Å². The van der Waals surface area contributed by atoms with Crippen LogP contribution in [0.15, 0.2) is 22.1 Å². The first-order chi connectivity index (χ1) is 13.9. The van der Waals surface area contributed by atoms with Gasteiger partial charge in [0.05, 0.1) is 5.54 Å². The molecule has 0 radical (unpaired) electrons. The predicted molar refractivity (Wildman–Crippen MR) is 103 cm³/mol. The lowest BCUT2D eigenvalue weighted by molar-refractivity contribution is 0.0663. The van der Waals surface area contributed by atoms with Gasteiger partial charge in [0.25, 0.3) is 5.91 Å². The number of nitrogens with one attached hydrogen (secondary N) is 2. The molecule has 2 fully saturated rings. The molecule has 0 bridgehead atoms. The van der Waals surface area contributed by atoms with E-state index in [1.54, 1.807) is 4.90 Å². The van der Waals surface area contributed by atoms with Crippen LogP contribution >= 0.6 is 11.6 Å². The zero-order chi connectivity index (χ0) is 20.6. The summed E-state index contributed by atoms with van der Waals surface area (Å²) in [6.45, 7) is 1.63. The van der Waals surface area contributed by atoms with Crippen molar-refractivity contribution in [2.75, 3.05) is 31.1 Å². The number of nitrogens with two attached hydrogens (primary N) is 2. The summed E-state index contributed by atoms with van der Waals surface area (Å²) >= 11 is 5.81. The fraction of sp³-hybridized carbons (Fsp3) is 0.375. The van der Waals surface area contributed by atoms with Gasteiger partial charge in [-0.15, -0.1) is 0 Å². The van der Waals surface area contributed by atoms with Crippen LogP contribution in [0.3, 0.4) is 0 Å². The molecular formula is C16H18ClN9O3. The lowest BCUT2D eigenvalue weighted by atomic mass is 9.88. The van der Waals surface area contributed by atoms with Crippen molar-refractivity contribution in [3.05, 3.63) is 29.2 Å². The summed E-state index contributed by atoms with van der Waals surface area (Å²) in [4.78, 5) is 42.0. The molecule has 2 amide bonds. The summed E-state index contributed by atoms with van der Waals surface area (Å²) in [6.07, 6.45) is 3.90. The number of aromatic nitrogens is 3. The summed E-state index contributed by atoms with van der Waals surface area (Å²) in [5, 5.41) is 6.21. The van der Waals surface area contributed by atoms with Gasteiger partial charge in [-0.05, 0) is 12.8 Å². The number of hydrogen-bond donors (Lipinski definition) is 4. The van der Waals surface area contributed by atoms with Crippen LogP contribution in [0.1, 0.15) is 33.8 Å². The van der Waals surface area contributed by atoms with E-state index < -0.39 is 5.91 Å². The molecule has 12 nitrogen and oxygen atoms in total. The Labute approximate surface area is 169 Å². The number of amides is 2. The highest BCUT2D eigenvalue weighted by molar-refractivity contribution is 6.31. The number of halogens is 1. The number of anilines is 2. The monoisotopic (exact) mass is 419 g/mol. The van der Waals surface area contributed by atoms with Crippen LogP contribution in [-0.4, -0.2) is 62.8 Å². The van der Waals surface area contributed by atoms with Gasteiger partial charge < -0.3 is 31.4 Å². The average molecular weight is 420 g/mol. The van der Waals surface area contributed by atoms with Gasteiger partial charge in [0.15, 0.2) is 40.5 Å². The van der Waals surface area contributed by atoms with Crippen molar-refractivity contribution in [2.24, 2.45) is 4.99 Å². The second kappa shape index (κ2) is 7.20. The number of hydrogen-bond acceptors (Lipinski definition) is 8. The standard InChI is InChI=1S/C16H18ClN9O3/c17-10-12(19)23-11(18)9(22-10)13(27)24-15-20-6-16(25-15)1-3-26(4-2-16)14(28)8-5-29-7-21-8/h5,7H,1-4,6H2,(H4,18,19,23)(H2,20,24,25,27). The molecule has 2 saturated heterocycles. The van der Waals surface area contributed by atoms with E-state index in [1.165, 1.54) is 12.7 Å². The molecule has 2 aromatic heterocycles. The second-order valence-corrected chi connectivity index (χ2v) is 7.18. The van der Waals surface area contributed by atoms with E-state index in [1.807, 2.05) is 0 Å². The van der Waals surface area contributed by atoms with Crippen LogP contribution in [0.25, 0.3) is 0 Å². The van der Waals surface area contributed by atoms with Crippen molar-refractivity contribution in [3.8, 4) is 0 Å². The molecular weight excluding hydrogens is 402 g/mol. The van der Waals surface area contributed by atoms with Crippen molar-refractivity contribution in [2.45, 2.75) is 18.4 Å². The highest BCUT2D eigenvalue weighted by atomic mass is 35.5. The van der Waals surface area contributed by atoms with Gasteiger partial charge in [0.1, 0.15) is 6.26 Å². The van der Waals surface area contributed by atoms with Crippen molar-refractivity contribution >= 4 is 41.0 Å². The smallest absolute Gasteiger partial charge is 0.302 e. The Kier molecular flexibility index (Phi) is 4.70. The Morgan fingerprint density at radius 1 is 1.24 bits per heavy atom. The normalized spacial score (nSPS) is 19.2. The molecule has 6 N–H and O–H groups in total. The number of aliphatic imine (C=N–C) groups is 1. The molecule has 2 aromatic rings. The second-order valence-electron chi connectivity index (χ2n) is 6.82. The topological polar surface area (TPSA) is 178 Å². The molecule has 0 atom stereocenters. The lowest BCUT2D eigenvalue weighted by Gasteiger charge is -2.38. The van der Waals surface area contributed by atoms with Crippen molar-refractivity contribution in [1.82, 2.24) is 30.5 Å². The summed E-state index contributed by atoms with van der Waals surface area (Å²) in [5.41, 5.74) is 11.0. The number of carbonyl (C=O) groups excluding carboxylic acids is 2. The molecule has 0 aromatic carbocycles. The van der Waals surface area contributed by atoms with Crippen LogP contribution in [-0.2, 0) is 0 Å². The molecule has 0 unspecified atom stereocenters. The third-order valence-corrected chi connectivity index (χ3v) is 5.24. The number of guanidine groups is 1. The maximum Gasteiger partial charge on any atom is 0.302 e. The minimum Gasteiger partial charge on any atom is -0.451 e. The van der Waals surface area contributed by atoms with Gasteiger partial charge in [-0.3, -0.25) is 9.59 Å². The van der Waals surface area contributed by atoms with Crippen LogP contribution < -0.4 is 22.1 Å². The van der Waals surface area contributed by atoms with Crippen LogP contribution in [0.5, 0.6) is 0 Å². The maximum atomic E-state index is 12.4. The van der Waals surface area contributed by atoms with Crippen LogP contribution in [0.4, 0.5) is 11.6 Å². The fourth-order valence-corrected chi connectivity index (χ4v) is 3.46. The first-order valence-electron chi connectivity index (χ1n) is 8.78. The van der Waals surface area contributed by atoms with Gasteiger partial charge in [0.2, 0.25) is 0 Å². The quantitative estimate of drug-likeness (QED) is 0.502. The SMILES string of the molecule is Nc1nc(N)c(C(=O)/N=C2\NCC3(CCN(C(=O)c4cocn4)CC3)N2)nc1Cl. The van der Waals surface area contributed by atoms with Gasteiger partial charge in [-0.2, -0.15) is 4.99 Å². The lowest BCUT2D eigenvalue weighted by Crippen LogP contribution is -2.53. The Bertz CT molecular complexity index is 984. The molecule has 13 heteroatoms. The molecule has 29 heavy (non-hydrogen) atoms. The van der Waals surface area contributed by atoms with E-state index in [2.05, 4.69) is 30.6 Å². The zero-order valence-corrected chi connectivity index (χ0v) is 15.9. The van der Waals surface area contributed by atoms with E-state index in [0.717, 1.165) is 0 Å². The molecule has 4 rings (SSSR count). The minimum atomic E-state index is -0.692. The summed E-state index contributed by atoms with van der Waals surface area (Å²) < 4.78 is 4.87. The molecule has 4 heterocycles. The Balaban J connectivity index is 1.41. The Morgan fingerprint density at radius 2 is 2.00 bits per heavy atom. The molecule has 2 aliphatic rings. The average Bonchev–Trinajstić information content (AvgIpc) is 3.36. The van der Waals surface area contributed by atoms with Crippen molar-refractivity contribution in [3.63, 3.8) is 0 Å². The molecule has 1 spiro atoms. The summed E-state index contributed by atoms with van der Waals surface area (Å²) in [6, 6.07) is 0. The molecule has 2 aliphatic heterocycles. The number of carbonyl (C=O) groups is 2.